The highest BCUT2D eigenvalue weighted by atomic mass is 19.1. The largest absolute Gasteiger partial charge is 0.478 e. The smallest absolute Gasteiger partial charge is 0.337 e. The van der Waals surface area contributed by atoms with Crippen molar-refractivity contribution in [1.82, 2.24) is 0 Å². The van der Waals surface area contributed by atoms with Gasteiger partial charge >= 0.3 is 5.97 Å². The average Bonchev–Trinajstić information content (AvgIpc) is 2.58. The molecule has 3 rings (SSSR count). The second-order valence-electron chi connectivity index (χ2n) is 4.97. The molecule has 0 radical (unpaired) electrons. The summed E-state index contributed by atoms with van der Waals surface area (Å²) in [4.78, 5) is 13.3. The summed E-state index contributed by atoms with van der Waals surface area (Å²) in [7, 11) is 0. The Hall–Kier alpha value is -3.14. The molecule has 0 bridgehead atoms. The number of carbonyl (C=O) groups is 1. The summed E-state index contributed by atoms with van der Waals surface area (Å²) in [5, 5.41) is 9.44. The van der Waals surface area contributed by atoms with Crippen molar-refractivity contribution in [3.8, 4) is 0 Å². The van der Waals surface area contributed by atoms with Crippen LogP contribution in [0.5, 0.6) is 0 Å². The van der Waals surface area contributed by atoms with Crippen LogP contribution in [-0.4, -0.2) is 11.1 Å². The predicted octanol–water partition coefficient (Wildman–Crippen LogP) is 4.99. The molecule has 0 saturated heterocycles. The van der Waals surface area contributed by atoms with E-state index in [-0.39, 0.29) is 5.56 Å². The molecule has 114 valence electrons. The Bertz CT molecular complexity index is 780. The van der Waals surface area contributed by atoms with Gasteiger partial charge in [0.15, 0.2) is 0 Å². The molecule has 0 aromatic heterocycles. The molecule has 0 heterocycles. The van der Waals surface area contributed by atoms with Crippen LogP contribution < -0.4 is 4.90 Å². The Morgan fingerprint density at radius 1 is 0.826 bits per heavy atom. The molecule has 3 aromatic carbocycles. The van der Waals surface area contributed by atoms with Gasteiger partial charge in [-0.25, -0.2) is 9.18 Å². The Morgan fingerprint density at radius 2 is 1.35 bits per heavy atom. The first-order valence-corrected chi connectivity index (χ1v) is 7.10. The second kappa shape index (κ2) is 6.32. The van der Waals surface area contributed by atoms with Gasteiger partial charge in [0, 0.05) is 11.4 Å². The number of hydrogen-bond acceptors (Lipinski definition) is 2. The van der Waals surface area contributed by atoms with Gasteiger partial charge in [-0.1, -0.05) is 36.4 Å². The number of carboxylic acid groups (broad SMARTS) is 1. The summed E-state index contributed by atoms with van der Waals surface area (Å²) in [6, 6.07) is 22.5. The molecule has 0 fully saturated rings. The summed E-state index contributed by atoms with van der Waals surface area (Å²) >= 11 is 0. The summed E-state index contributed by atoms with van der Waals surface area (Å²) in [6.45, 7) is 0. The number of carboxylic acids is 1. The van der Waals surface area contributed by atoms with Crippen LogP contribution in [0.1, 0.15) is 10.4 Å². The zero-order valence-electron chi connectivity index (χ0n) is 12.2. The van der Waals surface area contributed by atoms with Gasteiger partial charge < -0.3 is 10.0 Å². The normalized spacial score (nSPS) is 10.3. The van der Waals surface area contributed by atoms with Crippen LogP contribution in [0, 0.1) is 5.82 Å². The zero-order chi connectivity index (χ0) is 16.2. The minimum absolute atomic E-state index is 0.0855. The first kappa shape index (κ1) is 14.8. The third-order valence-corrected chi connectivity index (χ3v) is 3.46. The van der Waals surface area contributed by atoms with Crippen molar-refractivity contribution < 1.29 is 14.3 Å². The van der Waals surface area contributed by atoms with Crippen molar-refractivity contribution in [1.29, 1.82) is 0 Å². The summed E-state index contributed by atoms with van der Waals surface area (Å²) < 4.78 is 13.5. The minimum atomic E-state index is -1.17. The molecule has 0 aliphatic carbocycles. The highest BCUT2D eigenvalue weighted by molar-refractivity contribution is 5.97. The molecular formula is C19H14FNO2. The fourth-order valence-corrected chi connectivity index (χ4v) is 2.46. The maximum absolute atomic E-state index is 13.5. The highest BCUT2D eigenvalue weighted by Gasteiger charge is 2.19. The van der Waals surface area contributed by atoms with E-state index in [2.05, 4.69) is 0 Å². The number of rotatable bonds is 4. The van der Waals surface area contributed by atoms with Crippen LogP contribution in [-0.2, 0) is 0 Å². The van der Waals surface area contributed by atoms with E-state index >= 15 is 0 Å². The lowest BCUT2D eigenvalue weighted by atomic mass is 10.1. The van der Waals surface area contributed by atoms with Crippen LogP contribution in [0.15, 0.2) is 78.9 Å². The molecule has 0 aliphatic rings. The van der Waals surface area contributed by atoms with Gasteiger partial charge in [0.2, 0.25) is 0 Å². The van der Waals surface area contributed by atoms with Gasteiger partial charge in [-0.15, -0.1) is 0 Å². The molecule has 3 nitrogen and oxygen atoms in total. The molecule has 3 aromatic rings. The fourth-order valence-electron chi connectivity index (χ4n) is 2.46. The van der Waals surface area contributed by atoms with E-state index in [1.54, 1.807) is 4.90 Å². The van der Waals surface area contributed by atoms with Gasteiger partial charge in [-0.2, -0.15) is 0 Å². The first-order valence-electron chi connectivity index (χ1n) is 7.10. The highest BCUT2D eigenvalue weighted by Crippen LogP contribution is 2.36. The van der Waals surface area contributed by atoms with Crippen molar-refractivity contribution in [2.45, 2.75) is 0 Å². The van der Waals surface area contributed by atoms with Crippen LogP contribution >= 0.6 is 0 Å². The first-order chi connectivity index (χ1) is 11.2. The average molecular weight is 307 g/mol. The van der Waals surface area contributed by atoms with E-state index in [1.807, 2.05) is 60.7 Å². The number of para-hydroxylation sites is 2. The Balaban J connectivity index is 2.23. The molecule has 23 heavy (non-hydrogen) atoms. The molecular weight excluding hydrogens is 293 g/mol. The zero-order valence-corrected chi connectivity index (χ0v) is 12.2. The molecule has 0 unspecified atom stereocenters. The maximum atomic E-state index is 13.5. The van der Waals surface area contributed by atoms with E-state index in [9.17, 15) is 14.3 Å². The van der Waals surface area contributed by atoms with Crippen LogP contribution in [0.2, 0.25) is 0 Å². The standard InChI is InChI=1S/C19H14FNO2/c20-14-11-12-18(17(13-14)19(22)23)21(15-7-3-1-4-8-15)16-9-5-2-6-10-16/h1-13H,(H,22,23). The SMILES string of the molecule is O=C(O)c1cc(F)ccc1N(c1ccccc1)c1ccccc1. The number of hydrogen-bond donors (Lipinski definition) is 1. The fraction of sp³-hybridized carbons (Fsp3) is 0. The topological polar surface area (TPSA) is 40.5 Å². The number of halogens is 1. The predicted molar refractivity (Wildman–Crippen MR) is 88.0 cm³/mol. The quantitative estimate of drug-likeness (QED) is 0.738. The monoisotopic (exact) mass is 307 g/mol. The molecule has 4 heteroatoms. The van der Waals surface area contributed by atoms with Gasteiger partial charge in [-0.05, 0) is 42.5 Å². The lowest BCUT2D eigenvalue weighted by molar-refractivity contribution is 0.0697. The molecule has 0 saturated carbocycles. The van der Waals surface area contributed by atoms with Gasteiger partial charge in [-0.3, -0.25) is 0 Å². The summed E-state index contributed by atoms with van der Waals surface area (Å²) in [6.07, 6.45) is 0. The lowest BCUT2D eigenvalue weighted by Crippen LogP contribution is -2.14. The van der Waals surface area contributed by atoms with Gasteiger partial charge in [0.05, 0.1) is 11.3 Å². The maximum Gasteiger partial charge on any atom is 0.337 e. The molecule has 0 spiro atoms. The van der Waals surface area contributed by atoms with Gasteiger partial charge in [0.25, 0.3) is 0 Å². The lowest BCUT2D eigenvalue weighted by Gasteiger charge is -2.26. The third kappa shape index (κ3) is 3.06. The third-order valence-electron chi connectivity index (χ3n) is 3.46. The van der Waals surface area contributed by atoms with Crippen molar-refractivity contribution in [3.63, 3.8) is 0 Å². The van der Waals surface area contributed by atoms with Crippen molar-refractivity contribution in [2.24, 2.45) is 0 Å². The summed E-state index contributed by atoms with van der Waals surface area (Å²) in [5.41, 5.74) is 1.93. The molecule has 0 aliphatic heterocycles. The van der Waals surface area contributed by atoms with Crippen molar-refractivity contribution in [2.75, 3.05) is 4.90 Å². The number of benzene rings is 3. The van der Waals surface area contributed by atoms with E-state index in [0.717, 1.165) is 17.4 Å². The number of nitrogens with zero attached hydrogens (tertiary/aromatic N) is 1. The Kier molecular flexibility index (Phi) is 4.06. The molecule has 0 atom stereocenters. The van der Waals surface area contributed by atoms with Crippen molar-refractivity contribution in [3.05, 3.63) is 90.2 Å². The number of anilines is 3. The Morgan fingerprint density at radius 3 is 1.83 bits per heavy atom. The van der Waals surface area contributed by atoms with E-state index in [4.69, 9.17) is 0 Å². The number of aromatic carboxylic acids is 1. The van der Waals surface area contributed by atoms with E-state index in [1.165, 1.54) is 12.1 Å². The molecule has 0 amide bonds. The van der Waals surface area contributed by atoms with Crippen molar-refractivity contribution >= 4 is 23.0 Å². The minimum Gasteiger partial charge on any atom is -0.478 e. The van der Waals surface area contributed by atoms with Gasteiger partial charge in [0.1, 0.15) is 5.82 Å². The van der Waals surface area contributed by atoms with Crippen LogP contribution in [0.25, 0.3) is 0 Å². The molecule has 1 N–H and O–H groups in total. The van der Waals surface area contributed by atoms with Crippen LogP contribution in [0.3, 0.4) is 0 Å². The summed E-state index contributed by atoms with van der Waals surface area (Å²) in [5.74, 6) is -1.75. The Labute approximate surface area is 133 Å². The van der Waals surface area contributed by atoms with E-state index < -0.39 is 11.8 Å². The van der Waals surface area contributed by atoms with Crippen LogP contribution in [0.4, 0.5) is 21.5 Å². The van der Waals surface area contributed by atoms with E-state index in [0.29, 0.717) is 5.69 Å². The second-order valence-corrected chi connectivity index (χ2v) is 4.97.